The van der Waals surface area contributed by atoms with Crippen LogP contribution in [0.5, 0.6) is 0 Å². The molecule has 10 nitrogen and oxygen atoms in total. The van der Waals surface area contributed by atoms with Crippen LogP contribution in [0.25, 0.3) is 0 Å². The van der Waals surface area contributed by atoms with Crippen molar-refractivity contribution in [3.8, 4) is 0 Å². The molecule has 2 amide bonds. The third kappa shape index (κ3) is 7.53. The number of rotatable bonds is 10. The van der Waals surface area contributed by atoms with Gasteiger partial charge in [0.2, 0.25) is 11.8 Å². The van der Waals surface area contributed by atoms with E-state index in [1.54, 1.807) is 30.3 Å². The van der Waals surface area contributed by atoms with Crippen molar-refractivity contribution in [2.75, 3.05) is 21.3 Å². The summed E-state index contributed by atoms with van der Waals surface area (Å²) in [4.78, 5) is 60.7. The summed E-state index contributed by atoms with van der Waals surface area (Å²) in [6.07, 6.45) is -0.382. The zero-order valence-corrected chi connectivity index (χ0v) is 17.3. The van der Waals surface area contributed by atoms with Crippen LogP contribution in [0.3, 0.4) is 0 Å². The molecule has 0 aliphatic heterocycles. The molecule has 0 heterocycles. The number of hydrogen-bond donors (Lipinski definition) is 2. The Morgan fingerprint density at radius 2 is 1.47 bits per heavy atom. The number of hydrogen-bond acceptors (Lipinski definition) is 8. The molecule has 2 N–H and O–H groups in total. The van der Waals surface area contributed by atoms with Crippen molar-refractivity contribution in [3.05, 3.63) is 35.9 Å². The van der Waals surface area contributed by atoms with Gasteiger partial charge >= 0.3 is 17.9 Å². The molecule has 3 atom stereocenters. The first-order chi connectivity index (χ1) is 14.2. The quantitative estimate of drug-likeness (QED) is 0.389. The standard InChI is InChI=1S/C20H26N2O8/c1-12(23)21-15(10-13-8-6-5-7-9-13)18(25)22-17(20(27)30-4)14(19(26)29-3)11-16(24)28-2/h5-9,14-15,17H,10-11H2,1-4H3,(H,21,23)(H,22,25)/t14-,15+,17+/m1/s1. The molecule has 0 aliphatic carbocycles. The van der Waals surface area contributed by atoms with Crippen LogP contribution in [-0.4, -0.2) is 63.1 Å². The fourth-order valence-corrected chi connectivity index (χ4v) is 2.76. The summed E-state index contributed by atoms with van der Waals surface area (Å²) in [5.74, 6) is -5.22. The number of amides is 2. The highest BCUT2D eigenvalue weighted by Gasteiger charge is 2.39. The SMILES string of the molecule is COC(=O)C[C@@H](C(=O)OC)[C@H](NC(=O)[C@H](Cc1ccccc1)NC(C)=O)C(=O)OC. The lowest BCUT2D eigenvalue weighted by atomic mass is 9.95. The highest BCUT2D eigenvalue weighted by Crippen LogP contribution is 2.15. The number of methoxy groups -OCH3 is 3. The topological polar surface area (TPSA) is 137 Å². The molecule has 0 radical (unpaired) electrons. The largest absolute Gasteiger partial charge is 0.469 e. The minimum Gasteiger partial charge on any atom is -0.469 e. The summed E-state index contributed by atoms with van der Waals surface area (Å²) in [6, 6.07) is 6.34. The average molecular weight is 422 g/mol. The third-order valence-corrected chi connectivity index (χ3v) is 4.25. The highest BCUT2D eigenvalue weighted by atomic mass is 16.5. The lowest BCUT2D eigenvalue weighted by Gasteiger charge is -2.26. The van der Waals surface area contributed by atoms with E-state index in [1.165, 1.54) is 6.92 Å². The molecule has 0 fully saturated rings. The van der Waals surface area contributed by atoms with Gasteiger partial charge in [-0.1, -0.05) is 30.3 Å². The smallest absolute Gasteiger partial charge is 0.329 e. The summed E-state index contributed by atoms with van der Waals surface area (Å²) in [7, 11) is 3.27. The van der Waals surface area contributed by atoms with Crippen LogP contribution in [0.4, 0.5) is 0 Å². The van der Waals surface area contributed by atoms with Crippen LogP contribution in [0, 0.1) is 5.92 Å². The van der Waals surface area contributed by atoms with E-state index in [0.29, 0.717) is 0 Å². The van der Waals surface area contributed by atoms with Crippen molar-refractivity contribution >= 4 is 29.7 Å². The van der Waals surface area contributed by atoms with E-state index in [9.17, 15) is 24.0 Å². The predicted molar refractivity (Wildman–Crippen MR) is 104 cm³/mol. The van der Waals surface area contributed by atoms with Gasteiger partial charge in [0.15, 0.2) is 0 Å². The maximum absolute atomic E-state index is 12.9. The molecule has 10 heteroatoms. The van der Waals surface area contributed by atoms with E-state index >= 15 is 0 Å². The van der Waals surface area contributed by atoms with E-state index in [1.807, 2.05) is 0 Å². The molecule has 0 aromatic heterocycles. The van der Waals surface area contributed by atoms with Crippen molar-refractivity contribution in [2.45, 2.75) is 31.8 Å². The Kier molecular flexibility index (Phi) is 10.0. The summed E-state index contributed by atoms with van der Waals surface area (Å²) in [6.45, 7) is 1.25. The lowest BCUT2D eigenvalue weighted by molar-refractivity contribution is -0.159. The van der Waals surface area contributed by atoms with E-state index in [2.05, 4.69) is 24.8 Å². The van der Waals surface area contributed by atoms with Crippen molar-refractivity contribution in [3.63, 3.8) is 0 Å². The third-order valence-electron chi connectivity index (χ3n) is 4.25. The number of carbonyl (C=O) groups is 5. The van der Waals surface area contributed by atoms with Gasteiger partial charge in [-0.25, -0.2) is 4.79 Å². The minimum absolute atomic E-state index is 0.139. The first-order valence-electron chi connectivity index (χ1n) is 9.07. The molecule has 0 saturated carbocycles. The first-order valence-corrected chi connectivity index (χ1v) is 9.07. The Balaban J connectivity index is 3.15. The first kappa shape index (κ1) is 24.6. The average Bonchev–Trinajstić information content (AvgIpc) is 2.74. The zero-order valence-electron chi connectivity index (χ0n) is 17.3. The van der Waals surface area contributed by atoms with Gasteiger partial charge in [0.25, 0.3) is 0 Å². The number of esters is 3. The Morgan fingerprint density at radius 3 is 1.97 bits per heavy atom. The highest BCUT2D eigenvalue weighted by molar-refractivity contribution is 5.94. The van der Waals surface area contributed by atoms with Gasteiger partial charge < -0.3 is 24.8 Å². The lowest BCUT2D eigenvalue weighted by Crippen LogP contribution is -2.56. The van der Waals surface area contributed by atoms with Crippen LogP contribution in [0.2, 0.25) is 0 Å². The Labute approximate surface area is 174 Å². The van der Waals surface area contributed by atoms with Gasteiger partial charge in [0.1, 0.15) is 12.1 Å². The molecule has 0 unspecified atom stereocenters. The second-order valence-corrected chi connectivity index (χ2v) is 6.36. The molecule has 1 aromatic rings. The number of nitrogens with one attached hydrogen (secondary N) is 2. The van der Waals surface area contributed by atoms with E-state index in [0.717, 1.165) is 26.9 Å². The molecule has 0 aliphatic rings. The maximum Gasteiger partial charge on any atom is 0.329 e. The molecule has 1 rings (SSSR count). The van der Waals surface area contributed by atoms with Crippen molar-refractivity contribution in [2.24, 2.45) is 5.92 Å². The summed E-state index contributed by atoms with van der Waals surface area (Å²) in [5.41, 5.74) is 0.764. The van der Waals surface area contributed by atoms with Gasteiger partial charge in [0, 0.05) is 13.3 Å². The molecule has 0 bridgehead atoms. The molecular weight excluding hydrogens is 396 g/mol. The van der Waals surface area contributed by atoms with Gasteiger partial charge in [-0.2, -0.15) is 0 Å². The molecule has 164 valence electrons. The minimum atomic E-state index is -1.53. The van der Waals surface area contributed by atoms with Crippen molar-refractivity contribution < 1.29 is 38.2 Å². The van der Waals surface area contributed by atoms with Crippen LogP contribution in [-0.2, 0) is 44.6 Å². The van der Waals surface area contributed by atoms with E-state index in [4.69, 9.17) is 0 Å². The number of benzene rings is 1. The summed E-state index contributed by atoms with van der Waals surface area (Å²) in [5, 5.41) is 4.92. The summed E-state index contributed by atoms with van der Waals surface area (Å²) < 4.78 is 13.9. The molecule has 1 aromatic carbocycles. The van der Waals surface area contributed by atoms with Crippen molar-refractivity contribution in [1.82, 2.24) is 10.6 Å². The van der Waals surface area contributed by atoms with E-state index < -0.39 is 54.1 Å². The van der Waals surface area contributed by atoms with Crippen LogP contribution >= 0.6 is 0 Å². The summed E-state index contributed by atoms with van der Waals surface area (Å²) >= 11 is 0. The van der Waals surface area contributed by atoms with E-state index in [-0.39, 0.29) is 6.42 Å². The van der Waals surface area contributed by atoms with Crippen LogP contribution in [0.15, 0.2) is 30.3 Å². The van der Waals surface area contributed by atoms with Gasteiger partial charge in [-0.3, -0.25) is 19.2 Å². The fraction of sp³-hybridized carbons (Fsp3) is 0.450. The number of carbonyl (C=O) groups excluding carboxylic acids is 5. The van der Waals surface area contributed by atoms with Gasteiger partial charge in [-0.15, -0.1) is 0 Å². The van der Waals surface area contributed by atoms with Crippen molar-refractivity contribution in [1.29, 1.82) is 0 Å². The predicted octanol–water partition coefficient (Wildman–Crippen LogP) is -0.256. The Morgan fingerprint density at radius 1 is 0.867 bits per heavy atom. The Bertz CT molecular complexity index is 765. The van der Waals surface area contributed by atoms with Gasteiger partial charge in [-0.05, 0) is 5.56 Å². The second kappa shape index (κ2) is 12.2. The van der Waals surface area contributed by atoms with Crippen LogP contribution in [0.1, 0.15) is 18.9 Å². The zero-order chi connectivity index (χ0) is 22.7. The molecular formula is C20H26N2O8. The maximum atomic E-state index is 12.9. The normalized spacial score (nSPS) is 13.2. The Hall–Kier alpha value is -3.43. The monoisotopic (exact) mass is 422 g/mol. The fourth-order valence-electron chi connectivity index (χ4n) is 2.76. The molecule has 0 spiro atoms. The molecule has 0 saturated heterocycles. The number of ether oxygens (including phenoxy) is 3. The second-order valence-electron chi connectivity index (χ2n) is 6.36. The van der Waals surface area contributed by atoms with Gasteiger partial charge in [0.05, 0.1) is 33.7 Å². The van der Waals surface area contributed by atoms with Crippen LogP contribution < -0.4 is 10.6 Å². The molecule has 30 heavy (non-hydrogen) atoms.